The van der Waals surface area contributed by atoms with E-state index < -0.39 is 5.76 Å². The van der Waals surface area contributed by atoms with E-state index in [4.69, 9.17) is 11.6 Å². The van der Waals surface area contributed by atoms with Gasteiger partial charge in [0, 0.05) is 18.3 Å². The van der Waals surface area contributed by atoms with Crippen molar-refractivity contribution in [3.8, 4) is 5.95 Å². The highest BCUT2D eigenvalue weighted by Crippen LogP contribution is 2.23. The SMILES string of the molecule is CC(C)c1c(O)oc(=O)n1CCCCl. The lowest BCUT2D eigenvalue weighted by Gasteiger charge is -2.07. The molecule has 80 valence electrons. The Morgan fingerprint density at radius 3 is 2.71 bits per heavy atom. The molecule has 1 rings (SSSR count). The van der Waals surface area contributed by atoms with Crippen molar-refractivity contribution in [2.45, 2.75) is 32.7 Å². The van der Waals surface area contributed by atoms with E-state index in [9.17, 15) is 9.90 Å². The molecular formula is C9H14ClNO3. The first-order valence-electron chi connectivity index (χ1n) is 4.56. The van der Waals surface area contributed by atoms with Crippen LogP contribution in [0.25, 0.3) is 0 Å². The largest absolute Gasteiger partial charge is 0.479 e. The molecule has 5 heteroatoms. The molecule has 0 aromatic carbocycles. The van der Waals surface area contributed by atoms with E-state index in [-0.39, 0.29) is 11.9 Å². The number of hydrogen-bond donors (Lipinski definition) is 1. The number of nitrogens with zero attached hydrogens (tertiary/aromatic N) is 1. The van der Waals surface area contributed by atoms with Crippen LogP contribution in [0.1, 0.15) is 31.9 Å². The molecule has 0 saturated carbocycles. The Labute approximate surface area is 87.1 Å². The van der Waals surface area contributed by atoms with Crippen molar-refractivity contribution in [2.24, 2.45) is 0 Å². The van der Waals surface area contributed by atoms with E-state index in [0.717, 1.165) is 0 Å². The van der Waals surface area contributed by atoms with Gasteiger partial charge in [0.1, 0.15) is 5.69 Å². The summed E-state index contributed by atoms with van der Waals surface area (Å²) in [5, 5.41) is 9.36. The summed E-state index contributed by atoms with van der Waals surface area (Å²) in [5.74, 6) is -0.261. The molecule has 0 fully saturated rings. The van der Waals surface area contributed by atoms with Gasteiger partial charge in [-0.1, -0.05) is 13.8 Å². The van der Waals surface area contributed by atoms with Crippen molar-refractivity contribution in [2.75, 3.05) is 5.88 Å². The molecule has 0 aliphatic heterocycles. The molecule has 1 N–H and O–H groups in total. The van der Waals surface area contributed by atoms with Gasteiger partial charge in [-0.05, 0) is 6.42 Å². The highest BCUT2D eigenvalue weighted by atomic mass is 35.5. The van der Waals surface area contributed by atoms with Gasteiger partial charge in [0.05, 0.1) is 0 Å². The highest BCUT2D eigenvalue weighted by Gasteiger charge is 2.18. The Balaban J connectivity index is 3.05. The predicted molar refractivity (Wildman–Crippen MR) is 54.1 cm³/mol. The minimum atomic E-state index is -0.517. The smallest absolute Gasteiger partial charge is 0.422 e. The summed E-state index contributed by atoms with van der Waals surface area (Å²) in [6, 6.07) is 0. The van der Waals surface area contributed by atoms with Crippen LogP contribution in [-0.4, -0.2) is 15.6 Å². The molecule has 0 bridgehead atoms. The number of halogens is 1. The second kappa shape index (κ2) is 4.55. The standard InChI is InChI=1S/C9H14ClNO3/c1-6(2)7-8(12)14-9(13)11(7)5-3-4-10/h6,12H,3-5H2,1-2H3. The lowest BCUT2D eigenvalue weighted by atomic mass is 10.1. The number of alkyl halides is 1. The maximum Gasteiger partial charge on any atom is 0.422 e. The molecule has 14 heavy (non-hydrogen) atoms. The summed E-state index contributed by atoms with van der Waals surface area (Å²) in [6.07, 6.45) is 0.681. The molecule has 1 aromatic rings. The molecule has 1 heterocycles. The van der Waals surface area contributed by atoms with Crippen molar-refractivity contribution in [1.29, 1.82) is 0 Å². The first kappa shape index (κ1) is 11.2. The van der Waals surface area contributed by atoms with E-state index >= 15 is 0 Å². The van der Waals surface area contributed by atoms with E-state index in [2.05, 4.69) is 4.42 Å². The molecule has 0 aliphatic rings. The Morgan fingerprint density at radius 2 is 2.21 bits per heavy atom. The van der Waals surface area contributed by atoms with Crippen LogP contribution in [0.4, 0.5) is 0 Å². The van der Waals surface area contributed by atoms with Crippen LogP contribution in [0, 0.1) is 0 Å². The van der Waals surface area contributed by atoms with Gasteiger partial charge in [0.25, 0.3) is 0 Å². The summed E-state index contributed by atoms with van der Waals surface area (Å²) in [4.78, 5) is 11.3. The van der Waals surface area contributed by atoms with Gasteiger partial charge in [-0.3, -0.25) is 4.57 Å². The van der Waals surface area contributed by atoms with Crippen molar-refractivity contribution in [3.05, 3.63) is 16.2 Å². The monoisotopic (exact) mass is 219 g/mol. The molecule has 4 nitrogen and oxygen atoms in total. The van der Waals surface area contributed by atoms with Crippen LogP contribution in [0.2, 0.25) is 0 Å². The van der Waals surface area contributed by atoms with E-state index in [1.54, 1.807) is 0 Å². The van der Waals surface area contributed by atoms with Crippen LogP contribution in [0.15, 0.2) is 9.21 Å². The zero-order valence-corrected chi connectivity index (χ0v) is 9.04. The Hall–Kier alpha value is -0.900. The first-order valence-corrected chi connectivity index (χ1v) is 5.09. The topological polar surface area (TPSA) is 55.4 Å². The van der Waals surface area contributed by atoms with Crippen molar-refractivity contribution < 1.29 is 9.52 Å². The van der Waals surface area contributed by atoms with Gasteiger partial charge in [0.2, 0.25) is 0 Å². The van der Waals surface area contributed by atoms with Crippen LogP contribution in [0.5, 0.6) is 5.95 Å². The van der Waals surface area contributed by atoms with Crippen LogP contribution < -0.4 is 5.76 Å². The average Bonchev–Trinajstić information content (AvgIpc) is 2.37. The summed E-state index contributed by atoms with van der Waals surface area (Å²) in [7, 11) is 0. The number of aromatic nitrogens is 1. The zero-order valence-electron chi connectivity index (χ0n) is 8.29. The fourth-order valence-corrected chi connectivity index (χ4v) is 1.51. The second-order valence-corrected chi connectivity index (χ2v) is 3.79. The summed E-state index contributed by atoms with van der Waals surface area (Å²) in [5.41, 5.74) is 0.542. The average molecular weight is 220 g/mol. The van der Waals surface area contributed by atoms with Gasteiger partial charge >= 0.3 is 11.7 Å². The quantitative estimate of drug-likeness (QED) is 0.787. The summed E-state index contributed by atoms with van der Waals surface area (Å²) >= 11 is 5.53. The van der Waals surface area contributed by atoms with Crippen molar-refractivity contribution >= 4 is 11.6 Å². The Bertz CT molecular complexity index is 353. The lowest BCUT2D eigenvalue weighted by Crippen LogP contribution is -2.18. The van der Waals surface area contributed by atoms with Gasteiger partial charge in [0.15, 0.2) is 0 Å². The normalized spacial score (nSPS) is 11.1. The van der Waals surface area contributed by atoms with Gasteiger partial charge in [-0.15, -0.1) is 11.6 Å². The number of oxazole rings is 1. The minimum absolute atomic E-state index is 0.0526. The van der Waals surface area contributed by atoms with Crippen LogP contribution in [0.3, 0.4) is 0 Å². The fourth-order valence-electron chi connectivity index (χ4n) is 1.39. The molecule has 0 saturated heterocycles. The van der Waals surface area contributed by atoms with Crippen LogP contribution >= 0.6 is 11.6 Å². The number of aromatic hydroxyl groups is 1. The first-order chi connectivity index (χ1) is 6.57. The lowest BCUT2D eigenvalue weighted by molar-refractivity contribution is 0.313. The molecule has 0 radical (unpaired) electrons. The number of hydrogen-bond acceptors (Lipinski definition) is 3. The maximum atomic E-state index is 11.3. The third-order valence-electron chi connectivity index (χ3n) is 1.98. The van der Waals surface area contributed by atoms with E-state index in [1.807, 2.05) is 13.8 Å². The molecule has 0 atom stereocenters. The fraction of sp³-hybridized carbons (Fsp3) is 0.667. The highest BCUT2D eigenvalue weighted by molar-refractivity contribution is 6.17. The van der Waals surface area contributed by atoms with E-state index in [0.29, 0.717) is 24.5 Å². The summed E-state index contributed by atoms with van der Waals surface area (Å²) in [6.45, 7) is 4.27. The molecular weight excluding hydrogens is 206 g/mol. The molecule has 0 aliphatic carbocycles. The minimum Gasteiger partial charge on any atom is -0.479 e. The van der Waals surface area contributed by atoms with Crippen molar-refractivity contribution in [3.63, 3.8) is 0 Å². The summed E-state index contributed by atoms with van der Waals surface area (Å²) < 4.78 is 6.06. The zero-order chi connectivity index (χ0) is 10.7. The molecule has 1 aromatic heterocycles. The Kier molecular flexibility index (Phi) is 3.63. The molecule has 0 spiro atoms. The number of rotatable bonds is 4. The van der Waals surface area contributed by atoms with E-state index in [1.165, 1.54) is 4.57 Å². The molecule has 0 unspecified atom stereocenters. The maximum absolute atomic E-state index is 11.3. The van der Waals surface area contributed by atoms with Gasteiger partial charge in [-0.2, -0.15) is 0 Å². The van der Waals surface area contributed by atoms with Crippen molar-refractivity contribution in [1.82, 2.24) is 4.57 Å². The van der Waals surface area contributed by atoms with Gasteiger partial charge < -0.3 is 9.52 Å². The van der Waals surface area contributed by atoms with Gasteiger partial charge in [-0.25, -0.2) is 4.79 Å². The molecule has 0 amide bonds. The second-order valence-electron chi connectivity index (χ2n) is 3.41. The third kappa shape index (κ3) is 2.12. The third-order valence-corrected chi connectivity index (χ3v) is 2.24. The Morgan fingerprint density at radius 1 is 1.57 bits per heavy atom. The van der Waals surface area contributed by atoms with Crippen LogP contribution in [-0.2, 0) is 6.54 Å². The predicted octanol–water partition coefficient (Wildman–Crippen LogP) is 1.90.